The van der Waals surface area contributed by atoms with Crippen molar-refractivity contribution in [3.8, 4) is 0 Å². The lowest BCUT2D eigenvalue weighted by Crippen LogP contribution is -2.36. The van der Waals surface area contributed by atoms with Crippen LogP contribution in [0.1, 0.15) is 18.9 Å². The van der Waals surface area contributed by atoms with Gasteiger partial charge in [0, 0.05) is 13.1 Å². The highest BCUT2D eigenvalue weighted by Crippen LogP contribution is 2.18. The molecule has 2 atom stereocenters. The van der Waals surface area contributed by atoms with Crippen LogP contribution in [0.25, 0.3) is 0 Å². The lowest BCUT2D eigenvalue weighted by Gasteiger charge is -2.20. The molecule has 1 heterocycles. The number of carbonyl (C=O) groups excluding carboxylic acids is 1. The number of carbonyl (C=O) groups is 1. The number of nitrogens with zero attached hydrogens (tertiary/aromatic N) is 1. The van der Waals surface area contributed by atoms with Crippen molar-refractivity contribution < 1.29 is 4.79 Å². The summed E-state index contributed by atoms with van der Waals surface area (Å²) >= 11 is 4.45. The van der Waals surface area contributed by atoms with Crippen LogP contribution in [0.15, 0.2) is 30.3 Å². The van der Waals surface area contributed by atoms with E-state index in [9.17, 15) is 4.79 Å². The van der Waals surface area contributed by atoms with Crippen molar-refractivity contribution in [1.29, 1.82) is 0 Å². The Morgan fingerprint density at radius 1 is 1.47 bits per heavy atom. The van der Waals surface area contributed by atoms with Crippen LogP contribution in [-0.2, 0) is 11.2 Å². The van der Waals surface area contributed by atoms with Crippen molar-refractivity contribution in [3.05, 3.63) is 35.9 Å². The molecular formula is C14H19NOS. The molecule has 1 saturated heterocycles. The van der Waals surface area contributed by atoms with E-state index in [1.807, 2.05) is 35.2 Å². The van der Waals surface area contributed by atoms with Crippen molar-refractivity contribution in [2.45, 2.75) is 25.0 Å². The molecule has 2 rings (SSSR count). The summed E-state index contributed by atoms with van der Waals surface area (Å²) in [5, 5.41) is -0.206. The van der Waals surface area contributed by atoms with Gasteiger partial charge in [-0.15, -0.1) is 0 Å². The van der Waals surface area contributed by atoms with Crippen LogP contribution in [0.2, 0.25) is 0 Å². The largest absolute Gasteiger partial charge is 0.341 e. The molecule has 0 aromatic heterocycles. The van der Waals surface area contributed by atoms with E-state index in [-0.39, 0.29) is 11.2 Å². The van der Waals surface area contributed by atoms with E-state index >= 15 is 0 Å². The van der Waals surface area contributed by atoms with Crippen LogP contribution >= 0.6 is 12.6 Å². The molecule has 0 bridgehead atoms. The van der Waals surface area contributed by atoms with Crippen LogP contribution in [0.5, 0.6) is 0 Å². The van der Waals surface area contributed by atoms with Gasteiger partial charge < -0.3 is 4.90 Å². The fraction of sp³-hybridized carbons (Fsp3) is 0.500. The van der Waals surface area contributed by atoms with Gasteiger partial charge in [-0.25, -0.2) is 0 Å². The Bertz CT molecular complexity index is 379. The molecule has 17 heavy (non-hydrogen) atoms. The Balaban J connectivity index is 1.92. The fourth-order valence-corrected chi connectivity index (χ4v) is 2.64. The van der Waals surface area contributed by atoms with Crippen LogP contribution in [0.4, 0.5) is 0 Å². The van der Waals surface area contributed by atoms with Gasteiger partial charge in [-0.2, -0.15) is 12.6 Å². The standard InChI is InChI=1S/C14H19NOS/c1-11-7-8-15(10-11)14(16)13(17)9-12-5-3-2-4-6-12/h2-6,11,13,17H,7-10H2,1H3. The van der Waals surface area contributed by atoms with Gasteiger partial charge in [0.05, 0.1) is 5.25 Å². The van der Waals surface area contributed by atoms with Gasteiger partial charge in [0.25, 0.3) is 0 Å². The maximum Gasteiger partial charge on any atom is 0.235 e. The first-order chi connectivity index (χ1) is 8.16. The van der Waals surface area contributed by atoms with Crippen LogP contribution in [0.3, 0.4) is 0 Å². The van der Waals surface area contributed by atoms with E-state index in [2.05, 4.69) is 19.6 Å². The smallest absolute Gasteiger partial charge is 0.235 e. The summed E-state index contributed by atoms with van der Waals surface area (Å²) in [6.45, 7) is 3.98. The summed E-state index contributed by atoms with van der Waals surface area (Å²) in [5.41, 5.74) is 1.17. The van der Waals surface area contributed by atoms with Gasteiger partial charge in [-0.1, -0.05) is 37.3 Å². The highest BCUT2D eigenvalue weighted by molar-refractivity contribution is 7.81. The number of hydrogen-bond donors (Lipinski definition) is 1. The minimum atomic E-state index is -0.206. The second-order valence-corrected chi connectivity index (χ2v) is 5.51. The molecule has 0 N–H and O–H groups in total. The van der Waals surface area contributed by atoms with Gasteiger partial charge >= 0.3 is 0 Å². The minimum Gasteiger partial charge on any atom is -0.341 e. The first-order valence-corrected chi connectivity index (χ1v) is 6.69. The maximum absolute atomic E-state index is 12.1. The van der Waals surface area contributed by atoms with Crippen molar-refractivity contribution >= 4 is 18.5 Å². The lowest BCUT2D eigenvalue weighted by atomic mass is 10.1. The predicted octanol–water partition coefficient (Wildman–Crippen LogP) is 2.40. The summed E-state index contributed by atoms with van der Waals surface area (Å²) in [6, 6.07) is 10.1. The number of likely N-dealkylation sites (tertiary alicyclic amines) is 1. The third-order valence-electron chi connectivity index (χ3n) is 3.29. The third kappa shape index (κ3) is 3.25. The van der Waals surface area contributed by atoms with E-state index in [1.54, 1.807) is 0 Å². The summed E-state index contributed by atoms with van der Waals surface area (Å²) < 4.78 is 0. The summed E-state index contributed by atoms with van der Waals surface area (Å²) in [4.78, 5) is 14.1. The fourth-order valence-electron chi connectivity index (χ4n) is 2.27. The third-order valence-corrected chi connectivity index (χ3v) is 3.70. The average Bonchev–Trinajstić information content (AvgIpc) is 2.76. The Morgan fingerprint density at radius 2 is 2.18 bits per heavy atom. The minimum absolute atomic E-state index is 0.182. The molecule has 2 unspecified atom stereocenters. The van der Waals surface area contributed by atoms with Crippen molar-refractivity contribution in [2.24, 2.45) is 5.92 Å². The summed E-state index contributed by atoms with van der Waals surface area (Å²) in [5.74, 6) is 0.817. The molecule has 3 heteroatoms. The molecule has 0 spiro atoms. The second-order valence-electron chi connectivity index (χ2n) is 4.88. The highest BCUT2D eigenvalue weighted by Gasteiger charge is 2.27. The van der Waals surface area contributed by atoms with E-state index < -0.39 is 0 Å². The zero-order chi connectivity index (χ0) is 12.3. The van der Waals surface area contributed by atoms with Gasteiger partial charge in [-0.05, 0) is 24.3 Å². The number of thiol groups is 1. The molecule has 1 aliphatic heterocycles. The summed E-state index contributed by atoms with van der Waals surface area (Å²) in [6.07, 6.45) is 1.84. The topological polar surface area (TPSA) is 20.3 Å². The number of benzene rings is 1. The van der Waals surface area contributed by atoms with Crippen LogP contribution in [0, 0.1) is 5.92 Å². The maximum atomic E-state index is 12.1. The van der Waals surface area contributed by atoms with Crippen molar-refractivity contribution in [1.82, 2.24) is 4.90 Å². The first-order valence-electron chi connectivity index (χ1n) is 6.17. The van der Waals surface area contributed by atoms with Crippen LogP contribution < -0.4 is 0 Å². The van der Waals surface area contributed by atoms with E-state index in [0.29, 0.717) is 12.3 Å². The van der Waals surface area contributed by atoms with E-state index in [1.165, 1.54) is 5.56 Å². The molecule has 92 valence electrons. The Labute approximate surface area is 108 Å². The molecule has 1 amide bonds. The second kappa shape index (κ2) is 5.58. The Kier molecular flexibility index (Phi) is 4.11. The Hall–Kier alpha value is -0.960. The molecule has 1 aliphatic rings. The monoisotopic (exact) mass is 249 g/mol. The lowest BCUT2D eigenvalue weighted by molar-refractivity contribution is -0.129. The van der Waals surface area contributed by atoms with Gasteiger partial charge in [0.2, 0.25) is 5.91 Å². The number of amides is 1. The molecule has 2 nitrogen and oxygen atoms in total. The predicted molar refractivity (Wildman–Crippen MR) is 73.3 cm³/mol. The average molecular weight is 249 g/mol. The number of rotatable bonds is 3. The summed E-state index contributed by atoms with van der Waals surface area (Å²) in [7, 11) is 0. The van der Waals surface area contributed by atoms with Crippen molar-refractivity contribution in [3.63, 3.8) is 0 Å². The van der Waals surface area contributed by atoms with Gasteiger partial charge in [0.15, 0.2) is 0 Å². The quantitative estimate of drug-likeness (QED) is 0.816. The highest BCUT2D eigenvalue weighted by atomic mass is 32.1. The number of hydrogen-bond acceptors (Lipinski definition) is 2. The van der Waals surface area contributed by atoms with Crippen molar-refractivity contribution in [2.75, 3.05) is 13.1 Å². The molecule has 1 aromatic rings. The molecule has 1 aromatic carbocycles. The van der Waals surface area contributed by atoms with Gasteiger partial charge in [0.1, 0.15) is 0 Å². The zero-order valence-electron chi connectivity index (χ0n) is 10.2. The molecular weight excluding hydrogens is 230 g/mol. The molecule has 0 aliphatic carbocycles. The zero-order valence-corrected chi connectivity index (χ0v) is 11.1. The first kappa shape index (κ1) is 12.5. The van der Waals surface area contributed by atoms with E-state index in [0.717, 1.165) is 19.5 Å². The molecule has 0 saturated carbocycles. The van der Waals surface area contributed by atoms with Crippen LogP contribution in [-0.4, -0.2) is 29.1 Å². The normalized spacial score (nSPS) is 21.5. The Morgan fingerprint density at radius 3 is 2.76 bits per heavy atom. The van der Waals surface area contributed by atoms with E-state index in [4.69, 9.17) is 0 Å². The molecule has 1 fully saturated rings. The molecule has 0 radical (unpaired) electrons. The SMILES string of the molecule is CC1CCN(C(=O)C(S)Cc2ccccc2)C1. The van der Waals surface area contributed by atoms with Gasteiger partial charge in [-0.3, -0.25) is 4.79 Å².